The normalized spacial score (nSPS) is 32.9. The molecule has 1 aliphatic carbocycles. The van der Waals surface area contributed by atoms with Crippen molar-refractivity contribution in [3.8, 4) is 0 Å². The summed E-state index contributed by atoms with van der Waals surface area (Å²) in [4.78, 5) is 0. The first-order valence-corrected chi connectivity index (χ1v) is 6.42. The Balaban J connectivity index is 1.56. The van der Waals surface area contributed by atoms with Gasteiger partial charge in [-0.05, 0) is 37.3 Å². The zero-order chi connectivity index (χ0) is 10.8. The molecule has 0 aromatic heterocycles. The molecule has 2 heterocycles. The molecule has 2 N–H and O–H groups in total. The lowest BCUT2D eigenvalue weighted by molar-refractivity contribution is 0.159. The molecule has 2 saturated heterocycles. The van der Waals surface area contributed by atoms with Crippen LogP contribution >= 0.6 is 0 Å². The predicted molar refractivity (Wildman–Crippen MR) is 66.2 cm³/mol. The van der Waals surface area contributed by atoms with Crippen LogP contribution in [-0.4, -0.2) is 18.6 Å². The maximum Gasteiger partial charge on any atom is 0.0227 e. The Kier molecular flexibility index (Phi) is 2.94. The first-order chi connectivity index (χ1) is 7.92. The van der Waals surface area contributed by atoms with E-state index in [4.69, 9.17) is 0 Å². The lowest BCUT2D eigenvalue weighted by Gasteiger charge is -2.43. The highest BCUT2D eigenvalue weighted by Crippen LogP contribution is 2.29. The van der Waals surface area contributed by atoms with E-state index in [-0.39, 0.29) is 0 Å². The molecule has 0 unspecified atom stereocenters. The number of nitrogens with one attached hydrogen (secondary N) is 2. The minimum Gasteiger partial charge on any atom is -0.312 e. The molecule has 2 nitrogen and oxygen atoms in total. The lowest BCUT2D eigenvalue weighted by atomic mass is 9.78. The quantitative estimate of drug-likeness (QED) is 0.806. The fourth-order valence-electron chi connectivity index (χ4n) is 3.08. The third kappa shape index (κ3) is 2.13. The van der Waals surface area contributed by atoms with Gasteiger partial charge in [0, 0.05) is 18.6 Å². The van der Waals surface area contributed by atoms with E-state index in [1.165, 1.54) is 31.4 Å². The van der Waals surface area contributed by atoms with Gasteiger partial charge in [0.2, 0.25) is 0 Å². The summed E-state index contributed by atoms with van der Waals surface area (Å²) in [7, 11) is 0. The average Bonchev–Trinajstić information content (AvgIpc) is 2.39. The molecule has 2 bridgehead atoms. The van der Waals surface area contributed by atoms with Gasteiger partial charge in [0.1, 0.15) is 0 Å². The monoisotopic (exact) mass is 216 g/mol. The maximum absolute atomic E-state index is 3.71. The van der Waals surface area contributed by atoms with Gasteiger partial charge in [-0.15, -0.1) is 0 Å². The highest BCUT2D eigenvalue weighted by molar-refractivity contribution is 5.14. The van der Waals surface area contributed by atoms with Gasteiger partial charge >= 0.3 is 0 Å². The molecule has 3 aliphatic rings. The minimum atomic E-state index is 0.688. The van der Waals surface area contributed by atoms with Crippen molar-refractivity contribution in [1.29, 1.82) is 0 Å². The summed E-state index contributed by atoms with van der Waals surface area (Å²) in [6.07, 6.45) is 4.16. The van der Waals surface area contributed by atoms with E-state index in [9.17, 15) is 0 Å². The number of rotatable bonds is 3. The van der Waals surface area contributed by atoms with Crippen LogP contribution in [0.25, 0.3) is 0 Å². The van der Waals surface area contributed by atoms with Crippen molar-refractivity contribution >= 4 is 0 Å². The van der Waals surface area contributed by atoms with Gasteiger partial charge < -0.3 is 10.6 Å². The van der Waals surface area contributed by atoms with Gasteiger partial charge in [0.05, 0.1) is 0 Å². The van der Waals surface area contributed by atoms with Crippen molar-refractivity contribution < 1.29 is 0 Å². The molecule has 3 atom stereocenters. The fraction of sp³-hybridized carbons (Fsp3) is 0.571. The summed E-state index contributed by atoms with van der Waals surface area (Å²) >= 11 is 0. The van der Waals surface area contributed by atoms with Gasteiger partial charge in [-0.3, -0.25) is 0 Å². The minimum absolute atomic E-state index is 0.688. The summed E-state index contributed by atoms with van der Waals surface area (Å²) in [6.45, 7) is 2.25. The maximum atomic E-state index is 3.71. The van der Waals surface area contributed by atoms with Gasteiger partial charge in [-0.2, -0.15) is 0 Å². The largest absolute Gasteiger partial charge is 0.312 e. The number of hydrogen-bond acceptors (Lipinski definition) is 2. The van der Waals surface area contributed by atoms with E-state index in [0.29, 0.717) is 12.1 Å². The van der Waals surface area contributed by atoms with E-state index in [1.54, 1.807) is 0 Å². The first-order valence-electron chi connectivity index (χ1n) is 6.42. The summed E-state index contributed by atoms with van der Waals surface area (Å²) < 4.78 is 0. The zero-order valence-corrected chi connectivity index (χ0v) is 9.65. The smallest absolute Gasteiger partial charge is 0.0227 e. The molecular formula is C14H20N2. The average molecular weight is 216 g/mol. The molecule has 1 aromatic rings. The summed E-state index contributed by atoms with van der Waals surface area (Å²) in [5.41, 5.74) is 1.39. The van der Waals surface area contributed by atoms with Crippen LogP contribution in [0.2, 0.25) is 0 Å². The van der Waals surface area contributed by atoms with Crippen LogP contribution < -0.4 is 10.6 Å². The second-order valence-corrected chi connectivity index (χ2v) is 5.17. The molecule has 2 heteroatoms. The van der Waals surface area contributed by atoms with E-state index >= 15 is 0 Å². The fourth-order valence-corrected chi connectivity index (χ4v) is 3.08. The molecule has 1 saturated carbocycles. The molecule has 0 spiro atoms. The van der Waals surface area contributed by atoms with Crippen molar-refractivity contribution in [3.63, 3.8) is 0 Å². The Labute approximate surface area is 97.4 Å². The van der Waals surface area contributed by atoms with Gasteiger partial charge in [0.15, 0.2) is 0 Å². The van der Waals surface area contributed by atoms with E-state index in [0.717, 1.165) is 12.5 Å². The summed E-state index contributed by atoms with van der Waals surface area (Å²) in [5, 5.41) is 7.35. The Morgan fingerprint density at radius 3 is 2.69 bits per heavy atom. The molecule has 86 valence electrons. The lowest BCUT2D eigenvalue weighted by Crippen LogP contribution is -2.58. The van der Waals surface area contributed by atoms with E-state index in [1.807, 2.05) is 0 Å². The molecule has 16 heavy (non-hydrogen) atoms. The molecule has 4 rings (SSSR count). The topological polar surface area (TPSA) is 24.1 Å². The standard InChI is InChI=1S/C14H20N2/c1-2-4-11(5-3-1)9-16-14-8-12-6-7-13(14)15-10-12/h1-5,12-16H,6-10H2/t12-,13+,14-/m0/s1. The number of hydrogen-bond donors (Lipinski definition) is 2. The summed E-state index contributed by atoms with van der Waals surface area (Å²) in [5.74, 6) is 0.915. The molecule has 3 fully saturated rings. The van der Waals surface area contributed by atoms with Crippen LogP contribution in [0.5, 0.6) is 0 Å². The molecular weight excluding hydrogens is 196 g/mol. The molecule has 0 amide bonds. The van der Waals surface area contributed by atoms with Gasteiger partial charge in [0.25, 0.3) is 0 Å². The zero-order valence-electron chi connectivity index (χ0n) is 9.65. The second-order valence-electron chi connectivity index (χ2n) is 5.17. The van der Waals surface area contributed by atoms with Crippen LogP contribution in [0.3, 0.4) is 0 Å². The number of fused-ring (bicyclic) bond motifs is 3. The van der Waals surface area contributed by atoms with Crippen LogP contribution in [0.4, 0.5) is 0 Å². The van der Waals surface area contributed by atoms with Crippen molar-refractivity contribution in [3.05, 3.63) is 35.9 Å². The SMILES string of the molecule is c1ccc(CN[C@H]2C[C@@H]3CC[C@H]2NC3)cc1. The van der Waals surface area contributed by atoms with Crippen LogP contribution in [0.15, 0.2) is 30.3 Å². The van der Waals surface area contributed by atoms with E-state index in [2.05, 4.69) is 41.0 Å². The van der Waals surface area contributed by atoms with Crippen molar-refractivity contribution in [2.24, 2.45) is 5.92 Å². The third-order valence-corrected chi connectivity index (χ3v) is 4.04. The molecule has 1 aromatic carbocycles. The Morgan fingerprint density at radius 2 is 2.06 bits per heavy atom. The van der Waals surface area contributed by atoms with Crippen LogP contribution in [0.1, 0.15) is 24.8 Å². The van der Waals surface area contributed by atoms with Crippen LogP contribution in [-0.2, 0) is 6.54 Å². The van der Waals surface area contributed by atoms with Crippen molar-refractivity contribution in [2.45, 2.75) is 37.9 Å². The predicted octanol–water partition coefficient (Wildman–Crippen LogP) is 1.92. The van der Waals surface area contributed by atoms with Gasteiger partial charge in [-0.25, -0.2) is 0 Å². The summed E-state index contributed by atoms with van der Waals surface area (Å²) in [6, 6.07) is 12.1. The molecule has 0 radical (unpaired) electrons. The molecule has 2 aliphatic heterocycles. The van der Waals surface area contributed by atoms with Crippen LogP contribution in [0, 0.1) is 5.92 Å². The Morgan fingerprint density at radius 1 is 1.19 bits per heavy atom. The highest BCUT2D eigenvalue weighted by Gasteiger charge is 2.34. The number of benzene rings is 1. The van der Waals surface area contributed by atoms with Gasteiger partial charge in [-0.1, -0.05) is 30.3 Å². The van der Waals surface area contributed by atoms with Crippen molar-refractivity contribution in [1.82, 2.24) is 10.6 Å². The number of piperidine rings is 2. The van der Waals surface area contributed by atoms with Crippen molar-refractivity contribution in [2.75, 3.05) is 6.54 Å². The second kappa shape index (κ2) is 4.56. The first kappa shape index (κ1) is 10.3. The third-order valence-electron chi connectivity index (χ3n) is 4.04. The van der Waals surface area contributed by atoms with E-state index < -0.39 is 0 Å². The highest BCUT2D eigenvalue weighted by atomic mass is 15.1. The Bertz CT molecular complexity index is 328. The Hall–Kier alpha value is -0.860.